The Hall–Kier alpha value is -1.85. The molecular formula is C18H14BrNO2S. The minimum absolute atomic E-state index is 0.259. The van der Waals surface area contributed by atoms with Crippen LogP contribution in [0.2, 0.25) is 0 Å². The van der Waals surface area contributed by atoms with Crippen molar-refractivity contribution in [3.63, 3.8) is 0 Å². The second-order valence-corrected chi connectivity index (χ2v) is 7.27. The van der Waals surface area contributed by atoms with Crippen LogP contribution in [0.25, 0.3) is 6.08 Å². The first-order valence-corrected chi connectivity index (χ1v) is 8.67. The Kier molecular flexibility index (Phi) is 4.41. The number of carbonyl (C=O) groups is 2. The van der Waals surface area contributed by atoms with E-state index < -0.39 is 0 Å². The van der Waals surface area contributed by atoms with Gasteiger partial charge in [0.2, 0.25) is 0 Å². The fraction of sp³-hybridized carbons (Fsp3) is 0.111. The highest BCUT2D eigenvalue weighted by molar-refractivity contribution is 9.10. The molecule has 1 saturated heterocycles. The van der Waals surface area contributed by atoms with Crippen molar-refractivity contribution in [3.05, 3.63) is 68.5 Å². The van der Waals surface area contributed by atoms with Gasteiger partial charge in [0.1, 0.15) is 0 Å². The number of amides is 2. The quantitative estimate of drug-likeness (QED) is 0.655. The molecule has 0 aliphatic carbocycles. The zero-order chi connectivity index (χ0) is 16.6. The molecule has 23 heavy (non-hydrogen) atoms. The zero-order valence-electron chi connectivity index (χ0n) is 12.7. The van der Waals surface area contributed by atoms with Gasteiger partial charge in [-0.1, -0.05) is 45.8 Å². The van der Waals surface area contributed by atoms with Crippen LogP contribution in [0.1, 0.15) is 16.7 Å². The highest BCUT2D eigenvalue weighted by atomic mass is 79.9. The number of carbonyl (C=O) groups excluding carboxylic acids is 2. The number of aryl methyl sites for hydroxylation is 2. The predicted octanol–water partition coefficient (Wildman–Crippen LogP) is 5.31. The first-order chi connectivity index (χ1) is 11.0. The van der Waals surface area contributed by atoms with E-state index in [9.17, 15) is 9.59 Å². The van der Waals surface area contributed by atoms with Crippen molar-refractivity contribution in [2.75, 3.05) is 4.90 Å². The van der Waals surface area contributed by atoms with E-state index in [1.54, 1.807) is 6.08 Å². The normalized spacial score (nSPS) is 16.5. The molecule has 0 radical (unpaired) electrons. The van der Waals surface area contributed by atoms with Crippen LogP contribution in [-0.4, -0.2) is 11.1 Å². The molecule has 0 unspecified atom stereocenters. The third kappa shape index (κ3) is 3.26. The Morgan fingerprint density at radius 1 is 1.04 bits per heavy atom. The van der Waals surface area contributed by atoms with Crippen molar-refractivity contribution in [2.24, 2.45) is 0 Å². The lowest BCUT2D eigenvalue weighted by molar-refractivity contribution is -0.113. The minimum atomic E-state index is -0.269. The van der Waals surface area contributed by atoms with E-state index in [2.05, 4.69) is 15.9 Å². The van der Waals surface area contributed by atoms with Crippen molar-refractivity contribution in [2.45, 2.75) is 13.8 Å². The van der Waals surface area contributed by atoms with Crippen LogP contribution in [0, 0.1) is 13.8 Å². The van der Waals surface area contributed by atoms with E-state index in [1.807, 2.05) is 56.3 Å². The molecule has 1 aliphatic rings. The highest BCUT2D eigenvalue weighted by Crippen LogP contribution is 2.37. The molecule has 0 saturated carbocycles. The van der Waals surface area contributed by atoms with Gasteiger partial charge >= 0.3 is 0 Å². The predicted molar refractivity (Wildman–Crippen MR) is 98.5 cm³/mol. The summed E-state index contributed by atoms with van der Waals surface area (Å²) in [7, 11) is 0. The number of hydrogen-bond donors (Lipinski definition) is 0. The van der Waals surface area contributed by atoms with E-state index in [4.69, 9.17) is 0 Å². The van der Waals surface area contributed by atoms with Crippen molar-refractivity contribution in [1.82, 2.24) is 0 Å². The fourth-order valence-electron chi connectivity index (χ4n) is 2.44. The maximum atomic E-state index is 12.6. The van der Waals surface area contributed by atoms with E-state index in [1.165, 1.54) is 4.90 Å². The van der Waals surface area contributed by atoms with Crippen molar-refractivity contribution in [1.29, 1.82) is 0 Å². The Morgan fingerprint density at radius 3 is 2.39 bits per heavy atom. The molecule has 116 valence electrons. The monoisotopic (exact) mass is 387 g/mol. The number of rotatable bonds is 2. The lowest BCUT2D eigenvalue weighted by Gasteiger charge is -2.15. The van der Waals surface area contributed by atoms with Crippen molar-refractivity contribution >= 4 is 50.6 Å². The number of thioether (sulfide) groups is 1. The van der Waals surface area contributed by atoms with Crippen LogP contribution in [0.4, 0.5) is 10.5 Å². The van der Waals surface area contributed by atoms with E-state index in [0.29, 0.717) is 10.6 Å². The van der Waals surface area contributed by atoms with Gasteiger partial charge in [0.25, 0.3) is 11.1 Å². The lowest BCUT2D eigenvalue weighted by atomic mass is 10.1. The maximum Gasteiger partial charge on any atom is 0.298 e. The van der Waals surface area contributed by atoms with Crippen LogP contribution in [-0.2, 0) is 4.79 Å². The van der Waals surface area contributed by atoms with Gasteiger partial charge in [0, 0.05) is 4.47 Å². The largest absolute Gasteiger partial charge is 0.298 e. The lowest BCUT2D eigenvalue weighted by Crippen LogP contribution is -2.28. The van der Waals surface area contributed by atoms with Crippen LogP contribution in [0.5, 0.6) is 0 Å². The number of anilines is 1. The topological polar surface area (TPSA) is 37.4 Å². The summed E-state index contributed by atoms with van der Waals surface area (Å²) in [5, 5.41) is -0.259. The molecule has 0 spiro atoms. The molecule has 3 nitrogen and oxygen atoms in total. The minimum Gasteiger partial charge on any atom is -0.268 e. The molecule has 2 aromatic rings. The van der Waals surface area contributed by atoms with Gasteiger partial charge in [-0.3, -0.25) is 9.59 Å². The van der Waals surface area contributed by atoms with Gasteiger partial charge in [0.15, 0.2) is 0 Å². The van der Waals surface area contributed by atoms with Crippen LogP contribution in [0.3, 0.4) is 0 Å². The van der Waals surface area contributed by atoms with Crippen LogP contribution >= 0.6 is 27.7 Å². The molecule has 2 amide bonds. The van der Waals surface area contributed by atoms with Gasteiger partial charge in [-0.2, -0.15) is 0 Å². The zero-order valence-corrected chi connectivity index (χ0v) is 15.1. The van der Waals surface area contributed by atoms with Gasteiger partial charge in [0.05, 0.1) is 10.6 Å². The molecule has 0 atom stereocenters. The molecule has 1 fully saturated rings. The summed E-state index contributed by atoms with van der Waals surface area (Å²) in [6, 6.07) is 13.3. The Labute approximate surface area is 147 Å². The number of halogens is 1. The Bertz CT molecular complexity index is 827. The van der Waals surface area contributed by atoms with Crippen LogP contribution < -0.4 is 4.90 Å². The summed E-state index contributed by atoms with van der Waals surface area (Å²) in [5.74, 6) is -0.269. The second kappa shape index (κ2) is 6.34. The second-order valence-electron chi connectivity index (χ2n) is 5.36. The number of hydrogen-bond acceptors (Lipinski definition) is 3. The van der Waals surface area contributed by atoms with E-state index in [0.717, 1.165) is 32.9 Å². The summed E-state index contributed by atoms with van der Waals surface area (Å²) in [5.41, 5.74) is 3.55. The number of nitrogens with zero attached hydrogens (tertiary/aromatic N) is 1. The third-order valence-corrected chi connectivity index (χ3v) is 4.95. The van der Waals surface area contributed by atoms with Gasteiger partial charge in [-0.05, 0) is 61.0 Å². The first kappa shape index (κ1) is 16.0. The van der Waals surface area contributed by atoms with Gasteiger partial charge < -0.3 is 0 Å². The fourth-order valence-corrected chi connectivity index (χ4v) is 3.54. The average molecular weight is 388 g/mol. The third-order valence-electron chi connectivity index (χ3n) is 3.55. The summed E-state index contributed by atoms with van der Waals surface area (Å²) >= 11 is 4.35. The Morgan fingerprint density at radius 2 is 1.74 bits per heavy atom. The highest BCUT2D eigenvalue weighted by Gasteiger charge is 2.36. The number of benzene rings is 2. The molecule has 3 rings (SSSR count). The van der Waals surface area contributed by atoms with E-state index >= 15 is 0 Å². The molecule has 0 aromatic heterocycles. The smallest absolute Gasteiger partial charge is 0.268 e. The number of imide groups is 1. The van der Waals surface area contributed by atoms with E-state index in [-0.39, 0.29) is 11.1 Å². The SMILES string of the molecule is Cc1ccc(N2C(=O)S/C(=C\c3ccc(Br)cc3)C2=O)c(C)c1. The molecular weight excluding hydrogens is 374 g/mol. The van der Waals surface area contributed by atoms with Gasteiger partial charge in [-0.25, -0.2) is 4.90 Å². The Balaban J connectivity index is 1.95. The average Bonchev–Trinajstić information content (AvgIpc) is 2.77. The summed E-state index contributed by atoms with van der Waals surface area (Å²) in [4.78, 5) is 26.6. The maximum absolute atomic E-state index is 12.6. The standard InChI is InChI=1S/C18H14BrNO2S/c1-11-3-8-15(12(2)9-11)20-17(21)16(23-18(20)22)10-13-4-6-14(19)7-5-13/h3-10H,1-2H3/b16-10-. The molecule has 0 N–H and O–H groups in total. The first-order valence-electron chi connectivity index (χ1n) is 7.06. The van der Waals surface area contributed by atoms with Crippen LogP contribution in [0.15, 0.2) is 51.8 Å². The molecule has 0 bridgehead atoms. The molecule has 2 aromatic carbocycles. The van der Waals surface area contributed by atoms with Crippen molar-refractivity contribution in [3.8, 4) is 0 Å². The molecule has 1 aliphatic heterocycles. The summed E-state index contributed by atoms with van der Waals surface area (Å²) < 4.78 is 0.970. The van der Waals surface area contributed by atoms with Crippen molar-refractivity contribution < 1.29 is 9.59 Å². The summed E-state index contributed by atoms with van der Waals surface area (Å²) in [6.45, 7) is 3.89. The summed E-state index contributed by atoms with van der Waals surface area (Å²) in [6.07, 6.45) is 1.75. The molecule has 5 heteroatoms. The molecule has 1 heterocycles. The van der Waals surface area contributed by atoms with Gasteiger partial charge in [-0.15, -0.1) is 0 Å².